The van der Waals surface area contributed by atoms with Gasteiger partial charge in [-0.1, -0.05) is 23.2 Å². The van der Waals surface area contributed by atoms with E-state index in [4.69, 9.17) is 28.9 Å². The van der Waals surface area contributed by atoms with Gasteiger partial charge in [-0.3, -0.25) is 4.79 Å². The van der Waals surface area contributed by atoms with E-state index in [1.807, 2.05) is 0 Å². The van der Waals surface area contributed by atoms with Crippen LogP contribution in [0.4, 0.5) is 0 Å². The zero-order valence-electron chi connectivity index (χ0n) is 11.1. The van der Waals surface area contributed by atoms with Crippen LogP contribution in [0.15, 0.2) is 17.2 Å². The molecule has 0 saturated heterocycles. The lowest BCUT2D eigenvalue weighted by atomic mass is 9.86. The molecule has 0 bridgehead atoms. The average molecular weight is 352 g/mol. The number of carbonyl (C=O) groups excluding carboxylic acids is 1. The third-order valence-electron chi connectivity index (χ3n) is 3.53. The van der Waals surface area contributed by atoms with Gasteiger partial charge in [0.1, 0.15) is 10.0 Å². The SMILES string of the molecule is NC(=O)C1CCC(NS(=O)(=O)c2cnc(Cl)c(Cl)c2)CC1. The second-order valence-electron chi connectivity index (χ2n) is 5.02. The van der Waals surface area contributed by atoms with Gasteiger partial charge in [0.15, 0.2) is 0 Å². The van der Waals surface area contributed by atoms with Crippen molar-refractivity contribution in [1.29, 1.82) is 0 Å². The van der Waals surface area contributed by atoms with Crippen molar-refractivity contribution in [2.45, 2.75) is 36.6 Å². The molecule has 1 heterocycles. The molecule has 1 aromatic heterocycles. The normalized spacial score (nSPS) is 23.0. The number of pyridine rings is 1. The molecule has 9 heteroatoms. The summed E-state index contributed by atoms with van der Waals surface area (Å²) < 4.78 is 27.1. The molecule has 2 rings (SSSR count). The molecule has 0 spiro atoms. The Kier molecular flexibility index (Phi) is 5.08. The van der Waals surface area contributed by atoms with Gasteiger partial charge in [-0.05, 0) is 31.7 Å². The largest absolute Gasteiger partial charge is 0.369 e. The monoisotopic (exact) mass is 351 g/mol. The second kappa shape index (κ2) is 6.48. The molecule has 1 aliphatic rings. The molecule has 1 saturated carbocycles. The summed E-state index contributed by atoms with van der Waals surface area (Å²) in [5.74, 6) is -0.498. The van der Waals surface area contributed by atoms with Crippen molar-refractivity contribution >= 4 is 39.1 Å². The van der Waals surface area contributed by atoms with E-state index in [1.165, 1.54) is 6.07 Å². The fourth-order valence-electron chi connectivity index (χ4n) is 2.33. The summed E-state index contributed by atoms with van der Waals surface area (Å²) in [6.45, 7) is 0. The highest BCUT2D eigenvalue weighted by Crippen LogP contribution is 2.26. The summed E-state index contributed by atoms with van der Waals surface area (Å²) in [6, 6.07) is 1.04. The minimum absolute atomic E-state index is 0.0334. The van der Waals surface area contributed by atoms with Crippen LogP contribution in [-0.4, -0.2) is 25.4 Å². The van der Waals surface area contributed by atoms with Crippen LogP contribution < -0.4 is 10.5 Å². The van der Waals surface area contributed by atoms with Gasteiger partial charge in [0.25, 0.3) is 0 Å². The number of carbonyl (C=O) groups is 1. The first-order valence-corrected chi connectivity index (χ1v) is 8.66. The van der Waals surface area contributed by atoms with Crippen molar-refractivity contribution in [2.75, 3.05) is 0 Å². The highest BCUT2D eigenvalue weighted by atomic mass is 35.5. The Hall–Kier alpha value is -0.890. The lowest BCUT2D eigenvalue weighted by molar-refractivity contribution is -0.122. The average Bonchev–Trinajstić information content (AvgIpc) is 2.42. The van der Waals surface area contributed by atoms with E-state index < -0.39 is 10.0 Å². The first kappa shape index (κ1) is 16.5. The van der Waals surface area contributed by atoms with E-state index in [9.17, 15) is 13.2 Å². The quantitative estimate of drug-likeness (QED) is 0.806. The van der Waals surface area contributed by atoms with Gasteiger partial charge in [-0.2, -0.15) is 0 Å². The Morgan fingerprint density at radius 3 is 2.43 bits per heavy atom. The standard InChI is InChI=1S/C12H15Cl2N3O3S/c13-10-5-9(6-16-11(10)14)21(19,20)17-8-3-1-7(2-4-8)12(15)18/h5-8,17H,1-4H2,(H2,15,18). The third-order valence-corrected chi connectivity index (χ3v) is 5.71. The number of rotatable bonds is 4. The minimum Gasteiger partial charge on any atom is -0.369 e. The lowest BCUT2D eigenvalue weighted by Crippen LogP contribution is -2.39. The number of primary amides is 1. The van der Waals surface area contributed by atoms with E-state index in [0.717, 1.165) is 6.20 Å². The van der Waals surface area contributed by atoms with Crippen molar-refractivity contribution < 1.29 is 13.2 Å². The molecule has 0 unspecified atom stereocenters. The number of nitrogens with zero attached hydrogens (tertiary/aromatic N) is 1. The molecule has 0 aliphatic heterocycles. The molecule has 0 aromatic carbocycles. The highest BCUT2D eigenvalue weighted by Gasteiger charge is 2.28. The third kappa shape index (κ3) is 4.06. The van der Waals surface area contributed by atoms with Gasteiger partial charge in [-0.15, -0.1) is 0 Å². The number of nitrogens with two attached hydrogens (primary N) is 1. The van der Waals surface area contributed by atoms with Crippen molar-refractivity contribution in [3.8, 4) is 0 Å². The van der Waals surface area contributed by atoms with Crippen LogP contribution in [-0.2, 0) is 14.8 Å². The zero-order valence-corrected chi connectivity index (χ0v) is 13.4. The molecule has 21 heavy (non-hydrogen) atoms. The van der Waals surface area contributed by atoms with Crippen LogP contribution in [0.3, 0.4) is 0 Å². The predicted octanol–water partition coefficient (Wildman–Crippen LogP) is 1.71. The molecule has 3 N–H and O–H groups in total. The van der Waals surface area contributed by atoms with Crippen molar-refractivity contribution in [2.24, 2.45) is 11.7 Å². The fraction of sp³-hybridized carbons (Fsp3) is 0.500. The first-order valence-electron chi connectivity index (χ1n) is 6.42. The van der Waals surface area contributed by atoms with Gasteiger partial charge in [0, 0.05) is 18.2 Å². The number of aromatic nitrogens is 1. The molecule has 116 valence electrons. The maximum absolute atomic E-state index is 12.2. The molecule has 1 fully saturated rings. The highest BCUT2D eigenvalue weighted by molar-refractivity contribution is 7.89. The summed E-state index contributed by atoms with van der Waals surface area (Å²) in [4.78, 5) is 14.8. The maximum Gasteiger partial charge on any atom is 0.242 e. The molecular formula is C12H15Cl2N3O3S. The van der Waals surface area contributed by atoms with Crippen molar-refractivity contribution in [3.63, 3.8) is 0 Å². The first-order chi connectivity index (χ1) is 9.79. The topological polar surface area (TPSA) is 102 Å². The Balaban J connectivity index is 2.05. The van der Waals surface area contributed by atoms with Gasteiger partial charge < -0.3 is 5.73 Å². The number of sulfonamides is 1. The minimum atomic E-state index is -3.71. The van der Waals surface area contributed by atoms with E-state index in [0.29, 0.717) is 25.7 Å². The summed E-state index contributed by atoms with van der Waals surface area (Å²) >= 11 is 11.4. The van der Waals surface area contributed by atoms with Crippen LogP contribution >= 0.6 is 23.2 Å². The number of nitrogens with one attached hydrogen (secondary N) is 1. The van der Waals surface area contributed by atoms with Crippen LogP contribution in [0.2, 0.25) is 10.2 Å². The van der Waals surface area contributed by atoms with E-state index in [-0.39, 0.29) is 32.9 Å². The number of hydrogen-bond donors (Lipinski definition) is 2. The van der Waals surface area contributed by atoms with Crippen LogP contribution in [0.5, 0.6) is 0 Å². The Labute approximate surface area is 133 Å². The van der Waals surface area contributed by atoms with Crippen molar-refractivity contribution in [1.82, 2.24) is 9.71 Å². The molecule has 6 nitrogen and oxygen atoms in total. The van der Waals surface area contributed by atoms with Gasteiger partial charge in [-0.25, -0.2) is 18.1 Å². The van der Waals surface area contributed by atoms with Gasteiger partial charge in [0.05, 0.1) is 5.02 Å². The summed E-state index contributed by atoms with van der Waals surface area (Å²) in [5.41, 5.74) is 5.25. The number of hydrogen-bond acceptors (Lipinski definition) is 4. The number of amides is 1. The fourth-order valence-corrected chi connectivity index (χ4v) is 3.94. The smallest absolute Gasteiger partial charge is 0.242 e. The summed E-state index contributed by atoms with van der Waals surface area (Å²) in [5, 5.41) is 0.134. The van der Waals surface area contributed by atoms with Crippen LogP contribution in [0.25, 0.3) is 0 Å². The Morgan fingerprint density at radius 1 is 1.29 bits per heavy atom. The molecule has 1 aromatic rings. The van der Waals surface area contributed by atoms with E-state index in [1.54, 1.807) is 0 Å². The van der Waals surface area contributed by atoms with Crippen molar-refractivity contribution in [3.05, 3.63) is 22.4 Å². The summed E-state index contributed by atoms with van der Waals surface area (Å²) in [6.07, 6.45) is 3.47. The molecule has 1 amide bonds. The predicted molar refractivity (Wildman–Crippen MR) is 79.5 cm³/mol. The Morgan fingerprint density at radius 2 is 1.90 bits per heavy atom. The zero-order chi connectivity index (χ0) is 15.6. The van der Waals surface area contributed by atoms with Crippen LogP contribution in [0, 0.1) is 5.92 Å². The van der Waals surface area contributed by atoms with Gasteiger partial charge >= 0.3 is 0 Å². The molecular weight excluding hydrogens is 337 g/mol. The molecule has 0 atom stereocenters. The second-order valence-corrected chi connectivity index (χ2v) is 7.50. The maximum atomic E-state index is 12.2. The van der Waals surface area contributed by atoms with Gasteiger partial charge in [0.2, 0.25) is 15.9 Å². The van der Waals surface area contributed by atoms with E-state index >= 15 is 0 Å². The van der Waals surface area contributed by atoms with Crippen LogP contribution in [0.1, 0.15) is 25.7 Å². The Bertz CT molecular complexity index is 643. The molecule has 0 radical (unpaired) electrons. The lowest BCUT2D eigenvalue weighted by Gasteiger charge is -2.27. The van der Waals surface area contributed by atoms with E-state index in [2.05, 4.69) is 9.71 Å². The summed E-state index contributed by atoms with van der Waals surface area (Å²) in [7, 11) is -3.71. The number of halogens is 2. The molecule has 1 aliphatic carbocycles.